The second-order valence-electron chi connectivity index (χ2n) is 6.27. The zero-order valence-electron chi connectivity index (χ0n) is 15.7. The minimum atomic E-state index is -0.524. The van der Waals surface area contributed by atoms with Crippen LogP contribution in [0, 0.1) is 0 Å². The Labute approximate surface area is 164 Å². The van der Waals surface area contributed by atoms with Gasteiger partial charge in [0.25, 0.3) is 5.91 Å². The van der Waals surface area contributed by atoms with Gasteiger partial charge in [0.15, 0.2) is 0 Å². The Balaban J connectivity index is 1.61. The lowest BCUT2D eigenvalue weighted by Gasteiger charge is -2.12. The first-order chi connectivity index (χ1) is 13.7. The molecule has 3 N–H and O–H groups in total. The van der Waals surface area contributed by atoms with Crippen LogP contribution in [0.25, 0.3) is 0 Å². The Morgan fingerprint density at radius 1 is 0.964 bits per heavy atom. The molecule has 6 heteroatoms. The monoisotopic (exact) mass is 377 g/mol. The molecule has 0 atom stereocenters. The van der Waals surface area contributed by atoms with Crippen molar-refractivity contribution >= 4 is 11.7 Å². The van der Waals surface area contributed by atoms with Gasteiger partial charge in [0.1, 0.15) is 18.2 Å². The fraction of sp³-hybridized carbons (Fsp3) is 0.182. The highest BCUT2D eigenvalue weighted by Crippen LogP contribution is 2.18. The van der Waals surface area contributed by atoms with E-state index in [2.05, 4.69) is 10.3 Å². The number of pyridine rings is 1. The van der Waals surface area contributed by atoms with Crippen LogP contribution < -0.4 is 15.8 Å². The van der Waals surface area contributed by atoms with Crippen LogP contribution in [0.2, 0.25) is 0 Å². The average Bonchev–Trinajstić information content (AvgIpc) is 2.72. The Morgan fingerprint density at radius 2 is 1.71 bits per heavy atom. The summed E-state index contributed by atoms with van der Waals surface area (Å²) in [5.74, 6) is 0.723. The smallest absolute Gasteiger partial charge is 0.252 e. The molecule has 6 nitrogen and oxygen atoms in total. The normalized spacial score (nSPS) is 10.5. The molecular formula is C22H23N3O3. The maximum atomic E-state index is 11.6. The second-order valence-corrected chi connectivity index (χ2v) is 6.27. The first kappa shape index (κ1) is 19.4. The number of ether oxygens (including phenoxy) is 2. The van der Waals surface area contributed by atoms with Crippen LogP contribution in [-0.4, -0.2) is 18.0 Å². The van der Waals surface area contributed by atoms with Crippen molar-refractivity contribution in [1.82, 2.24) is 4.98 Å². The summed E-state index contributed by atoms with van der Waals surface area (Å²) in [5.41, 5.74) is 8.66. The van der Waals surface area contributed by atoms with Gasteiger partial charge in [-0.25, -0.2) is 4.98 Å². The molecule has 0 bridgehead atoms. The minimum Gasteiger partial charge on any atom is -0.489 e. The van der Waals surface area contributed by atoms with Gasteiger partial charge in [-0.05, 0) is 35.4 Å². The van der Waals surface area contributed by atoms with Gasteiger partial charge in [-0.2, -0.15) is 0 Å². The average molecular weight is 377 g/mol. The lowest BCUT2D eigenvalue weighted by atomic mass is 10.2. The highest BCUT2D eigenvalue weighted by molar-refractivity contribution is 5.97. The van der Waals surface area contributed by atoms with E-state index in [0.29, 0.717) is 31.1 Å². The first-order valence-corrected chi connectivity index (χ1v) is 8.94. The van der Waals surface area contributed by atoms with Gasteiger partial charge >= 0.3 is 0 Å². The van der Waals surface area contributed by atoms with Crippen molar-refractivity contribution in [3.05, 3.63) is 89.1 Å². The third-order valence-electron chi connectivity index (χ3n) is 4.14. The Bertz CT molecular complexity index is 912. The van der Waals surface area contributed by atoms with Gasteiger partial charge in [-0.15, -0.1) is 0 Å². The van der Waals surface area contributed by atoms with Gasteiger partial charge in [0, 0.05) is 13.7 Å². The second kappa shape index (κ2) is 9.53. The number of nitrogens with two attached hydrogens (primary N) is 1. The number of methoxy groups -OCH3 is 1. The van der Waals surface area contributed by atoms with E-state index in [1.54, 1.807) is 19.2 Å². The van der Waals surface area contributed by atoms with E-state index in [0.717, 1.165) is 22.6 Å². The van der Waals surface area contributed by atoms with Crippen LogP contribution in [0.15, 0.2) is 66.7 Å². The molecule has 28 heavy (non-hydrogen) atoms. The molecule has 0 aliphatic heterocycles. The molecule has 0 aliphatic rings. The summed E-state index contributed by atoms with van der Waals surface area (Å²) in [4.78, 5) is 16.0. The molecule has 0 saturated heterocycles. The molecule has 0 saturated carbocycles. The molecule has 3 rings (SSSR count). The number of anilines is 1. The van der Waals surface area contributed by atoms with Crippen LogP contribution >= 0.6 is 0 Å². The van der Waals surface area contributed by atoms with E-state index in [1.165, 1.54) is 0 Å². The van der Waals surface area contributed by atoms with Gasteiger partial charge in [0.05, 0.1) is 17.9 Å². The van der Waals surface area contributed by atoms with E-state index >= 15 is 0 Å². The predicted molar refractivity (Wildman–Crippen MR) is 108 cm³/mol. The van der Waals surface area contributed by atoms with Crippen molar-refractivity contribution in [1.29, 1.82) is 0 Å². The quantitative estimate of drug-likeness (QED) is 0.596. The number of hydrogen-bond acceptors (Lipinski definition) is 5. The van der Waals surface area contributed by atoms with Crippen molar-refractivity contribution in [2.75, 3.05) is 12.4 Å². The van der Waals surface area contributed by atoms with Gasteiger partial charge < -0.3 is 20.5 Å². The van der Waals surface area contributed by atoms with Crippen LogP contribution in [0.5, 0.6) is 5.75 Å². The predicted octanol–water partition coefficient (Wildman–Crippen LogP) is 3.52. The van der Waals surface area contributed by atoms with E-state index < -0.39 is 5.91 Å². The molecule has 0 unspecified atom stereocenters. The molecule has 0 radical (unpaired) electrons. The van der Waals surface area contributed by atoms with Crippen LogP contribution in [0.3, 0.4) is 0 Å². The molecule has 2 aromatic carbocycles. The molecule has 1 heterocycles. The molecule has 1 amide bonds. The number of carbonyl (C=O) groups excluding carboxylic acids is 1. The molecule has 0 aliphatic carbocycles. The summed E-state index contributed by atoms with van der Waals surface area (Å²) in [6.07, 6.45) is 0. The number of hydrogen-bond donors (Lipinski definition) is 2. The number of benzene rings is 2. The Morgan fingerprint density at radius 3 is 2.39 bits per heavy atom. The van der Waals surface area contributed by atoms with E-state index in [-0.39, 0.29) is 0 Å². The topological polar surface area (TPSA) is 86.5 Å². The van der Waals surface area contributed by atoms with Crippen LogP contribution in [0.4, 0.5) is 5.82 Å². The first-order valence-electron chi connectivity index (χ1n) is 8.94. The fourth-order valence-corrected chi connectivity index (χ4v) is 2.69. The fourth-order valence-electron chi connectivity index (χ4n) is 2.69. The molecular weight excluding hydrogens is 354 g/mol. The maximum absolute atomic E-state index is 11.6. The van der Waals surface area contributed by atoms with Crippen LogP contribution in [-0.2, 0) is 24.5 Å². The van der Waals surface area contributed by atoms with Gasteiger partial charge in [-0.1, -0.05) is 42.5 Å². The third kappa shape index (κ3) is 5.31. The van der Waals surface area contributed by atoms with Crippen molar-refractivity contribution in [3.8, 4) is 5.75 Å². The highest BCUT2D eigenvalue weighted by Gasteiger charge is 2.11. The van der Waals surface area contributed by atoms with E-state index in [1.807, 2.05) is 54.6 Å². The molecule has 3 aromatic rings. The van der Waals surface area contributed by atoms with Crippen molar-refractivity contribution in [2.24, 2.45) is 5.73 Å². The number of primary amides is 1. The third-order valence-corrected chi connectivity index (χ3v) is 4.14. The number of amides is 1. The molecule has 1 aromatic heterocycles. The number of rotatable bonds is 9. The van der Waals surface area contributed by atoms with Gasteiger partial charge in [0.2, 0.25) is 0 Å². The van der Waals surface area contributed by atoms with E-state index in [4.69, 9.17) is 15.2 Å². The van der Waals surface area contributed by atoms with Crippen molar-refractivity contribution < 1.29 is 14.3 Å². The number of nitrogens with zero attached hydrogens (tertiary/aromatic N) is 1. The zero-order valence-corrected chi connectivity index (χ0v) is 15.7. The number of aromatic nitrogens is 1. The molecule has 0 fully saturated rings. The van der Waals surface area contributed by atoms with Crippen molar-refractivity contribution in [3.63, 3.8) is 0 Å². The lowest BCUT2D eigenvalue weighted by Crippen LogP contribution is -2.16. The van der Waals surface area contributed by atoms with Gasteiger partial charge in [-0.3, -0.25) is 4.79 Å². The molecule has 0 spiro atoms. The largest absolute Gasteiger partial charge is 0.489 e. The Kier molecular flexibility index (Phi) is 6.59. The SMILES string of the molecule is COCc1ccc(C(N)=O)c(NCc2ccc(OCc3ccccc3)cc2)n1. The standard InChI is InChI=1S/C22H23N3O3/c1-27-15-18-9-12-20(21(23)26)22(25-18)24-13-16-7-10-19(11-8-16)28-14-17-5-3-2-4-6-17/h2-12H,13-15H2,1H3,(H2,23,26)(H,24,25). The van der Waals surface area contributed by atoms with Crippen LogP contribution in [0.1, 0.15) is 27.2 Å². The molecule has 144 valence electrons. The number of nitrogens with one attached hydrogen (secondary N) is 1. The van der Waals surface area contributed by atoms with E-state index in [9.17, 15) is 4.79 Å². The summed E-state index contributed by atoms with van der Waals surface area (Å²) in [6, 6.07) is 21.2. The zero-order chi connectivity index (χ0) is 19.8. The summed E-state index contributed by atoms with van der Waals surface area (Å²) < 4.78 is 10.9. The maximum Gasteiger partial charge on any atom is 0.252 e. The number of carbonyl (C=O) groups is 1. The summed E-state index contributed by atoms with van der Waals surface area (Å²) in [7, 11) is 1.60. The minimum absolute atomic E-state index is 0.350. The highest BCUT2D eigenvalue weighted by atomic mass is 16.5. The summed E-state index contributed by atoms with van der Waals surface area (Å²) in [6.45, 7) is 1.39. The summed E-state index contributed by atoms with van der Waals surface area (Å²) in [5, 5.41) is 3.18. The van der Waals surface area contributed by atoms with Crippen molar-refractivity contribution in [2.45, 2.75) is 19.8 Å². The summed E-state index contributed by atoms with van der Waals surface area (Å²) >= 11 is 0. The Hall–Kier alpha value is -3.38. The lowest BCUT2D eigenvalue weighted by molar-refractivity contribution is 0.100.